The van der Waals surface area contributed by atoms with Crippen LogP contribution in [0.2, 0.25) is 0 Å². The molecule has 4 heteroatoms. The standard InChI is InChI=1S/C15H25NO2S/c1-6-7-19-15-10-13(17-4)12(8-11(2)16-3)9-14(15)18-5/h9-11,16H,6-8H2,1-5H3. The number of likely N-dealkylation sites (N-methyl/N-ethyl adjacent to an activating group) is 1. The van der Waals surface area contributed by atoms with Crippen molar-refractivity contribution >= 4 is 11.8 Å². The van der Waals surface area contributed by atoms with Crippen LogP contribution < -0.4 is 14.8 Å². The molecule has 0 aliphatic carbocycles. The molecular formula is C15H25NO2S. The van der Waals surface area contributed by atoms with Crippen LogP contribution in [-0.4, -0.2) is 33.1 Å². The smallest absolute Gasteiger partial charge is 0.132 e. The summed E-state index contributed by atoms with van der Waals surface area (Å²) in [6.07, 6.45) is 2.07. The van der Waals surface area contributed by atoms with Crippen LogP contribution in [-0.2, 0) is 6.42 Å². The van der Waals surface area contributed by atoms with E-state index in [1.54, 1.807) is 14.2 Å². The molecule has 0 spiro atoms. The number of methoxy groups -OCH3 is 2. The Kier molecular flexibility index (Phi) is 7.10. The van der Waals surface area contributed by atoms with E-state index in [0.29, 0.717) is 6.04 Å². The number of ether oxygens (including phenoxy) is 2. The Labute approximate surface area is 121 Å². The third-order valence-corrected chi connectivity index (χ3v) is 4.29. The van der Waals surface area contributed by atoms with Gasteiger partial charge in [-0.05, 0) is 50.3 Å². The Morgan fingerprint density at radius 2 is 1.89 bits per heavy atom. The molecule has 1 aromatic rings. The van der Waals surface area contributed by atoms with Gasteiger partial charge in [-0.2, -0.15) is 0 Å². The highest BCUT2D eigenvalue weighted by molar-refractivity contribution is 7.99. The minimum absolute atomic E-state index is 0.410. The van der Waals surface area contributed by atoms with Gasteiger partial charge in [-0.1, -0.05) is 6.92 Å². The van der Waals surface area contributed by atoms with Crippen LogP contribution in [0.4, 0.5) is 0 Å². The van der Waals surface area contributed by atoms with Crippen LogP contribution in [0.5, 0.6) is 11.5 Å². The van der Waals surface area contributed by atoms with Gasteiger partial charge in [-0.3, -0.25) is 0 Å². The molecule has 1 unspecified atom stereocenters. The largest absolute Gasteiger partial charge is 0.496 e. The second-order valence-electron chi connectivity index (χ2n) is 4.56. The first-order chi connectivity index (χ1) is 9.15. The van der Waals surface area contributed by atoms with E-state index in [0.717, 1.165) is 35.0 Å². The average Bonchev–Trinajstić information content (AvgIpc) is 2.44. The molecule has 0 aromatic heterocycles. The van der Waals surface area contributed by atoms with E-state index in [4.69, 9.17) is 9.47 Å². The van der Waals surface area contributed by atoms with Crippen molar-refractivity contribution in [3.63, 3.8) is 0 Å². The molecule has 0 radical (unpaired) electrons. The fourth-order valence-electron chi connectivity index (χ4n) is 1.85. The van der Waals surface area contributed by atoms with Crippen molar-refractivity contribution in [2.75, 3.05) is 27.0 Å². The summed E-state index contributed by atoms with van der Waals surface area (Å²) >= 11 is 1.81. The van der Waals surface area contributed by atoms with Crippen molar-refractivity contribution in [1.82, 2.24) is 5.32 Å². The summed E-state index contributed by atoms with van der Waals surface area (Å²) in [5.41, 5.74) is 1.18. The van der Waals surface area contributed by atoms with Crippen molar-refractivity contribution < 1.29 is 9.47 Å². The average molecular weight is 283 g/mol. The fraction of sp³-hybridized carbons (Fsp3) is 0.600. The molecule has 1 rings (SSSR count). The Bertz CT molecular complexity index is 396. The minimum atomic E-state index is 0.410. The zero-order valence-electron chi connectivity index (χ0n) is 12.6. The molecule has 108 valence electrons. The van der Waals surface area contributed by atoms with E-state index in [1.165, 1.54) is 5.56 Å². The lowest BCUT2D eigenvalue weighted by molar-refractivity contribution is 0.388. The van der Waals surface area contributed by atoms with E-state index >= 15 is 0 Å². The second-order valence-corrected chi connectivity index (χ2v) is 5.69. The van der Waals surface area contributed by atoms with Gasteiger partial charge in [0.1, 0.15) is 11.5 Å². The molecule has 0 aliphatic heterocycles. The molecule has 0 amide bonds. The van der Waals surface area contributed by atoms with Gasteiger partial charge in [-0.25, -0.2) is 0 Å². The maximum Gasteiger partial charge on any atom is 0.132 e. The summed E-state index contributed by atoms with van der Waals surface area (Å²) in [4.78, 5) is 1.15. The molecule has 0 heterocycles. The van der Waals surface area contributed by atoms with Gasteiger partial charge in [0.2, 0.25) is 0 Å². The fourth-order valence-corrected chi connectivity index (χ4v) is 2.75. The highest BCUT2D eigenvalue weighted by Gasteiger charge is 2.13. The van der Waals surface area contributed by atoms with Crippen LogP contribution in [0.1, 0.15) is 25.8 Å². The van der Waals surface area contributed by atoms with E-state index in [-0.39, 0.29) is 0 Å². The van der Waals surface area contributed by atoms with Gasteiger partial charge in [0, 0.05) is 6.04 Å². The van der Waals surface area contributed by atoms with Crippen molar-refractivity contribution in [3.8, 4) is 11.5 Å². The van der Waals surface area contributed by atoms with E-state index in [1.807, 2.05) is 18.8 Å². The van der Waals surface area contributed by atoms with Crippen molar-refractivity contribution in [2.24, 2.45) is 0 Å². The second kappa shape index (κ2) is 8.33. The third kappa shape index (κ3) is 4.62. The SMILES string of the molecule is CCCSc1cc(OC)c(CC(C)NC)cc1OC. The Morgan fingerprint density at radius 1 is 1.21 bits per heavy atom. The van der Waals surface area contributed by atoms with Crippen molar-refractivity contribution in [1.29, 1.82) is 0 Å². The summed E-state index contributed by atoms with van der Waals surface area (Å²) in [6, 6.07) is 4.61. The third-order valence-electron chi connectivity index (χ3n) is 3.05. The van der Waals surface area contributed by atoms with E-state index < -0.39 is 0 Å². The summed E-state index contributed by atoms with van der Waals surface area (Å²) in [7, 11) is 5.42. The van der Waals surface area contributed by atoms with Gasteiger partial charge < -0.3 is 14.8 Å². The minimum Gasteiger partial charge on any atom is -0.496 e. The Hall–Kier alpha value is -0.870. The first-order valence-electron chi connectivity index (χ1n) is 6.71. The van der Waals surface area contributed by atoms with Gasteiger partial charge >= 0.3 is 0 Å². The van der Waals surface area contributed by atoms with Crippen LogP contribution in [0.15, 0.2) is 17.0 Å². The predicted molar refractivity (Wildman–Crippen MR) is 82.8 cm³/mol. The summed E-state index contributed by atoms with van der Waals surface area (Å²) in [6.45, 7) is 4.34. The van der Waals surface area contributed by atoms with Gasteiger partial charge in [0.05, 0.1) is 19.1 Å². The number of hydrogen-bond acceptors (Lipinski definition) is 4. The first-order valence-corrected chi connectivity index (χ1v) is 7.69. The molecule has 0 saturated heterocycles. The zero-order chi connectivity index (χ0) is 14.3. The maximum atomic E-state index is 5.51. The highest BCUT2D eigenvalue weighted by Crippen LogP contribution is 2.36. The van der Waals surface area contributed by atoms with Crippen LogP contribution in [0.25, 0.3) is 0 Å². The molecule has 1 aromatic carbocycles. The highest BCUT2D eigenvalue weighted by atomic mass is 32.2. The van der Waals surface area contributed by atoms with Crippen molar-refractivity contribution in [3.05, 3.63) is 17.7 Å². The van der Waals surface area contributed by atoms with Gasteiger partial charge in [-0.15, -0.1) is 11.8 Å². The molecule has 0 aliphatic rings. The Morgan fingerprint density at radius 3 is 2.42 bits per heavy atom. The van der Waals surface area contributed by atoms with Gasteiger partial charge in [0.15, 0.2) is 0 Å². The molecule has 1 atom stereocenters. The molecule has 0 bridgehead atoms. The lowest BCUT2D eigenvalue weighted by Gasteiger charge is -2.17. The Balaban J connectivity index is 3.04. The van der Waals surface area contributed by atoms with Crippen LogP contribution in [0.3, 0.4) is 0 Å². The number of benzene rings is 1. The quantitative estimate of drug-likeness (QED) is 0.741. The lowest BCUT2D eigenvalue weighted by atomic mass is 10.1. The molecule has 3 nitrogen and oxygen atoms in total. The van der Waals surface area contributed by atoms with Crippen LogP contribution in [0, 0.1) is 0 Å². The van der Waals surface area contributed by atoms with E-state index in [9.17, 15) is 0 Å². The lowest BCUT2D eigenvalue weighted by Crippen LogP contribution is -2.23. The molecule has 19 heavy (non-hydrogen) atoms. The maximum absolute atomic E-state index is 5.51. The predicted octanol–water partition coefficient (Wildman–Crippen LogP) is 3.36. The first kappa shape index (κ1) is 16.2. The molecule has 0 fully saturated rings. The zero-order valence-corrected chi connectivity index (χ0v) is 13.4. The summed E-state index contributed by atoms with van der Waals surface area (Å²) in [5.74, 6) is 2.98. The van der Waals surface area contributed by atoms with Crippen LogP contribution >= 0.6 is 11.8 Å². The number of hydrogen-bond donors (Lipinski definition) is 1. The number of thioether (sulfide) groups is 1. The van der Waals surface area contributed by atoms with Crippen molar-refractivity contribution in [2.45, 2.75) is 37.6 Å². The monoisotopic (exact) mass is 283 g/mol. The summed E-state index contributed by atoms with van der Waals surface area (Å²) < 4.78 is 11.0. The number of rotatable bonds is 8. The van der Waals surface area contributed by atoms with E-state index in [2.05, 4.69) is 31.3 Å². The number of nitrogens with one attached hydrogen (secondary N) is 1. The van der Waals surface area contributed by atoms with Gasteiger partial charge in [0.25, 0.3) is 0 Å². The normalized spacial score (nSPS) is 12.3. The molecule has 1 N–H and O–H groups in total. The topological polar surface area (TPSA) is 30.5 Å². The molecule has 0 saturated carbocycles. The molecular weight excluding hydrogens is 258 g/mol. The summed E-state index contributed by atoms with van der Waals surface area (Å²) in [5, 5.41) is 3.25.